The second kappa shape index (κ2) is 12.0. The van der Waals surface area contributed by atoms with Crippen LogP contribution in [0.4, 0.5) is 0 Å². The molecule has 0 aliphatic carbocycles. The maximum absolute atomic E-state index is 12.3. The highest BCUT2D eigenvalue weighted by atomic mass is 32.2. The Kier molecular flexibility index (Phi) is 11.3. The molecular formula is C14H26N4O5S2. The highest BCUT2D eigenvalue weighted by Gasteiger charge is 2.26. The molecule has 4 unspecified atom stereocenters. The number of carboxylic acids is 1. The van der Waals surface area contributed by atoms with Crippen LogP contribution in [0.3, 0.4) is 0 Å². The summed E-state index contributed by atoms with van der Waals surface area (Å²) >= 11 is 5.44. The lowest BCUT2D eigenvalue weighted by Crippen LogP contribution is -2.56. The zero-order valence-corrected chi connectivity index (χ0v) is 16.2. The lowest BCUT2D eigenvalue weighted by Gasteiger charge is -2.22. The van der Waals surface area contributed by atoms with Gasteiger partial charge in [0, 0.05) is 5.75 Å². The molecule has 3 amide bonds. The summed E-state index contributed by atoms with van der Waals surface area (Å²) in [5.74, 6) is -2.12. The van der Waals surface area contributed by atoms with Gasteiger partial charge in [0.05, 0.1) is 6.04 Å². The number of carbonyl (C=O) groups excluding carboxylic acids is 3. The highest BCUT2D eigenvalue weighted by molar-refractivity contribution is 7.98. The third-order valence-electron chi connectivity index (χ3n) is 3.26. The van der Waals surface area contributed by atoms with Gasteiger partial charge in [0.2, 0.25) is 17.7 Å². The average molecular weight is 395 g/mol. The number of carbonyl (C=O) groups is 4. The van der Waals surface area contributed by atoms with E-state index in [0.717, 1.165) is 0 Å². The second-order valence-corrected chi connectivity index (χ2v) is 6.78. The van der Waals surface area contributed by atoms with E-state index in [9.17, 15) is 19.2 Å². The van der Waals surface area contributed by atoms with Crippen LogP contribution in [0.15, 0.2) is 0 Å². The SMILES string of the molecule is CSCCC(NC(=O)C(N)CS)C(=O)NC(C)C(=O)NC(C)C(=O)O. The fourth-order valence-electron chi connectivity index (χ4n) is 1.65. The van der Waals surface area contributed by atoms with Crippen LogP contribution in [0.2, 0.25) is 0 Å². The van der Waals surface area contributed by atoms with E-state index in [4.69, 9.17) is 10.8 Å². The van der Waals surface area contributed by atoms with Crippen LogP contribution in [-0.4, -0.2) is 70.7 Å². The van der Waals surface area contributed by atoms with Crippen LogP contribution in [0.25, 0.3) is 0 Å². The molecule has 0 aromatic rings. The van der Waals surface area contributed by atoms with Crippen molar-refractivity contribution in [2.45, 2.75) is 44.4 Å². The molecule has 0 rings (SSSR count). The molecule has 0 aliphatic heterocycles. The Morgan fingerprint density at radius 2 is 1.60 bits per heavy atom. The topological polar surface area (TPSA) is 151 Å². The average Bonchev–Trinajstić information content (AvgIpc) is 2.56. The van der Waals surface area contributed by atoms with Gasteiger partial charge in [0.25, 0.3) is 0 Å². The molecule has 0 aliphatic rings. The van der Waals surface area contributed by atoms with E-state index in [0.29, 0.717) is 12.2 Å². The number of nitrogens with one attached hydrogen (secondary N) is 3. The van der Waals surface area contributed by atoms with Crippen LogP contribution in [-0.2, 0) is 19.2 Å². The number of rotatable bonds is 11. The molecule has 0 aromatic carbocycles. The van der Waals surface area contributed by atoms with Gasteiger partial charge in [-0.05, 0) is 32.3 Å². The molecule has 0 spiro atoms. The first kappa shape index (κ1) is 23.5. The van der Waals surface area contributed by atoms with E-state index in [1.165, 1.54) is 25.6 Å². The fraction of sp³-hybridized carbons (Fsp3) is 0.714. The Morgan fingerprint density at radius 3 is 2.08 bits per heavy atom. The third-order valence-corrected chi connectivity index (χ3v) is 4.30. The quantitative estimate of drug-likeness (QED) is 0.235. The summed E-state index contributed by atoms with van der Waals surface area (Å²) in [6.07, 6.45) is 2.22. The first-order valence-electron chi connectivity index (χ1n) is 7.63. The summed E-state index contributed by atoms with van der Waals surface area (Å²) < 4.78 is 0. The Bertz CT molecular complexity index is 492. The minimum absolute atomic E-state index is 0.134. The van der Waals surface area contributed by atoms with E-state index >= 15 is 0 Å². The van der Waals surface area contributed by atoms with Gasteiger partial charge in [-0.1, -0.05) is 0 Å². The maximum atomic E-state index is 12.3. The molecule has 0 aromatic heterocycles. The molecule has 0 radical (unpaired) electrons. The highest BCUT2D eigenvalue weighted by Crippen LogP contribution is 2.02. The van der Waals surface area contributed by atoms with Gasteiger partial charge in [-0.15, -0.1) is 0 Å². The van der Waals surface area contributed by atoms with Crippen LogP contribution >= 0.6 is 24.4 Å². The molecule has 9 nitrogen and oxygen atoms in total. The summed E-state index contributed by atoms with van der Waals surface area (Å²) in [6, 6.07) is -3.73. The smallest absolute Gasteiger partial charge is 0.325 e. The third kappa shape index (κ3) is 8.98. The van der Waals surface area contributed by atoms with Crippen molar-refractivity contribution < 1.29 is 24.3 Å². The summed E-state index contributed by atoms with van der Waals surface area (Å²) in [5, 5.41) is 16.1. The van der Waals surface area contributed by atoms with Crippen molar-refractivity contribution in [3.63, 3.8) is 0 Å². The Hall–Kier alpha value is -1.46. The monoisotopic (exact) mass is 394 g/mol. The molecule has 0 bridgehead atoms. The number of hydrogen-bond acceptors (Lipinski definition) is 7. The molecule has 25 heavy (non-hydrogen) atoms. The van der Waals surface area contributed by atoms with Gasteiger partial charge in [-0.25, -0.2) is 0 Å². The van der Waals surface area contributed by atoms with E-state index in [-0.39, 0.29) is 5.75 Å². The lowest BCUT2D eigenvalue weighted by molar-refractivity contribution is -0.141. The van der Waals surface area contributed by atoms with Crippen molar-refractivity contribution in [2.75, 3.05) is 17.8 Å². The molecular weight excluding hydrogens is 368 g/mol. The molecule has 144 valence electrons. The van der Waals surface area contributed by atoms with E-state index in [1.54, 1.807) is 0 Å². The van der Waals surface area contributed by atoms with E-state index < -0.39 is 47.9 Å². The fourth-order valence-corrected chi connectivity index (χ4v) is 2.28. The zero-order chi connectivity index (χ0) is 19.6. The predicted molar refractivity (Wildman–Crippen MR) is 99.6 cm³/mol. The summed E-state index contributed by atoms with van der Waals surface area (Å²) in [4.78, 5) is 46.9. The van der Waals surface area contributed by atoms with Crippen LogP contribution in [0, 0.1) is 0 Å². The van der Waals surface area contributed by atoms with Gasteiger partial charge in [-0.3, -0.25) is 19.2 Å². The second-order valence-electron chi connectivity index (χ2n) is 5.43. The molecule has 6 N–H and O–H groups in total. The number of carboxylic acid groups (broad SMARTS) is 1. The van der Waals surface area contributed by atoms with Gasteiger partial charge in [0.15, 0.2) is 0 Å². The first-order valence-corrected chi connectivity index (χ1v) is 9.65. The zero-order valence-electron chi connectivity index (χ0n) is 14.4. The van der Waals surface area contributed by atoms with Crippen molar-refractivity contribution in [3.05, 3.63) is 0 Å². The number of thiol groups is 1. The minimum Gasteiger partial charge on any atom is -0.480 e. The van der Waals surface area contributed by atoms with Gasteiger partial charge in [0.1, 0.15) is 18.1 Å². The summed E-state index contributed by atoms with van der Waals surface area (Å²) in [7, 11) is 0. The normalized spacial score (nSPS) is 15.4. The van der Waals surface area contributed by atoms with Crippen molar-refractivity contribution in [1.82, 2.24) is 16.0 Å². The number of nitrogens with two attached hydrogens (primary N) is 1. The van der Waals surface area contributed by atoms with Gasteiger partial charge in [-0.2, -0.15) is 24.4 Å². The number of amides is 3. The van der Waals surface area contributed by atoms with Crippen molar-refractivity contribution in [1.29, 1.82) is 0 Å². The standard InChI is InChI=1S/C14H26N4O5S2/c1-7(11(19)17-8(2)14(22)23)16-13(21)10(4-5-25-3)18-12(20)9(15)6-24/h7-10,24H,4-6,15H2,1-3H3,(H,16,21)(H,17,19)(H,18,20)(H,22,23). The Labute approximate surface area is 156 Å². The van der Waals surface area contributed by atoms with Crippen molar-refractivity contribution in [3.8, 4) is 0 Å². The van der Waals surface area contributed by atoms with Crippen LogP contribution in [0.5, 0.6) is 0 Å². The maximum Gasteiger partial charge on any atom is 0.325 e. The minimum atomic E-state index is -1.18. The van der Waals surface area contributed by atoms with E-state index in [1.807, 2.05) is 6.26 Å². The van der Waals surface area contributed by atoms with Crippen molar-refractivity contribution in [2.24, 2.45) is 5.73 Å². The molecule has 11 heteroatoms. The van der Waals surface area contributed by atoms with Crippen molar-refractivity contribution >= 4 is 48.1 Å². The van der Waals surface area contributed by atoms with Gasteiger partial charge >= 0.3 is 5.97 Å². The first-order chi connectivity index (χ1) is 11.6. The molecule has 0 saturated heterocycles. The Morgan fingerprint density at radius 1 is 1.04 bits per heavy atom. The predicted octanol–water partition coefficient (Wildman–Crippen LogP) is -1.42. The summed E-state index contributed by atoms with van der Waals surface area (Å²) in [6.45, 7) is 2.74. The largest absolute Gasteiger partial charge is 0.480 e. The lowest BCUT2D eigenvalue weighted by atomic mass is 10.1. The number of aliphatic carboxylic acids is 1. The number of thioether (sulfide) groups is 1. The van der Waals surface area contributed by atoms with Crippen LogP contribution < -0.4 is 21.7 Å². The molecule has 4 atom stereocenters. The summed E-state index contributed by atoms with van der Waals surface area (Å²) in [5.41, 5.74) is 5.58. The van der Waals surface area contributed by atoms with Gasteiger partial charge < -0.3 is 26.8 Å². The van der Waals surface area contributed by atoms with E-state index in [2.05, 4.69) is 28.6 Å². The number of hydrogen-bond donors (Lipinski definition) is 6. The molecule has 0 fully saturated rings. The van der Waals surface area contributed by atoms with Crippen LogP contribution in [0.1, 0.15) is 20.3 Å². The molecule has 0 saturated carbocycles. The molecule has 0 heterocycles. The Balaban J connectivity index is 4.80.